The van der Waals surface area contributed by atoms with Crippen LogP contribution in [0.25, 0.3) is 0 Å². The van der Waals surface area contributed by atoms with E-state index in [1.807, 2.05) is 0 Å². The van der Waals surface area contributed by atoms with E-state index >= 15 is 0 Å². The van der Waals surface area contributed by atoms with Gasteiger partial charge in [0, 0.05) is 24.6 Å². The summed E-state index contributed by atoms with van der Waals surface area (Å²) in [7, 11) is 0. The fourth-order valence-electron chi connectivity index (χ4n) is 2.33. The van der Waals surface area contributed by atoms with E-state index in [1.54, 1.807) is 12.3 Å². The second-order valence-electron chi connectivity index (χ2n) is 5.29. The predicted molar refractivity (Wildman–Crippen MR) is 91.6 cm³/mol. The van der Waals surface area contributed by atoms with E-state index in [0.29, 0.717) is 29.4 Å². The first-order valence-electron chi connectivity index (χ1n) is 7.52. The summed E-state index contributed by atoms with van der Waals surface area (Å²) in [5.74, 6) is 1.32. The minimum Gasteiger partial charge on any atom is -0.486 e. The number of aromatic nitrogens is 3. The van der Waals surface area contributed by atoms with Crippen molar-refractivity contribution in [2.24, 2.45) is 0 Å². The molecule has 0 bridgehead atoms. The number of hydrogen-bond donors (Lipinski definition) is 2. The number of ether oxygens (including phenoxy) is 3. The second-order valence-corrected chi connectivity index (χ2v) is 6.10. The van der Waals surface area contributed by atoms with Gasteiger partial charge in [-0.05, 0) is 22.0 Å². The van der Waals surface area contributed by atoms with Crippen molar-refractivity contribution in [3.63, 3.8) is 0 Å². The topological polar surface area (TPSA) is 118 Å². The molecule has 1 fully saturated rings. The zero-order valence-corrected chi connectivity index (χ0v) is 14.5. The molecule has 0 atom stereocenters. The first kappa shape index (κ1) is 16.7. The van der Waals surface area contributed by atoms with Crippen molar-refractivity contribution < 1.29 is 14.2 Å². The van der Waals surface area contributed by atoms with Crippen LogP contribution in [0.15, 0.2) is 23.1 Å². The van der Waals surface area contributed by atoms with Gasteiger partial charge in [-0.1, -0.05) is 0 Å². The maximum absolute atomic E-state index is 6.04. The van der Waals surface area contributed by atoms with Crippen LogP contribution in [-0.2, 0) is 11.3 Å². The van der Waals surface area contributed by atoms with Crippen LogP contribution >= 0.6 is 15.9 Å². The monoisotopic (exact) mass is 395 g/mol. The van der Waals surface area contributed by atoms with Gasteiger partial charge in [0.15, 0.2) is 17.4 Å². The van der Waals surface area contributed by atoms with Crippen molar-refractivity contribution in [1.29, 1.82) is 0 Å². The molecule has 0 unspecified atom stereocenters. The first-order valence-corrected chi connectivity index (χ1v) is 8.31. The quantitative estimate of drug-likeness (QED) is 0.787. The molecule has 0 amide bonds. The Bertz CT molecular complexity index is 710. The Kier molecular flexibility index (Phi) is 5.31. The molecule has 0 saturated carbocycles. The van der Waals surface area contributed by atoms with Crippen molar-refractivity contribution >= 4 is 27.6 Å². The molecule has 1 aliphatic heterocycles. The van der Waals surface area contributed by atoms with E-state index in [9.17, 15) is 0 Å². The van der Waals surface area contributed by atoms with Crippen LogP contribution < -0.4 is 20.9 Å². The van der Waals surface area contributed by atoms with Gasteiger partial charge in [-0.2, -0.15) is 0 Å². The lowest BCUT2D eigenvalue weighted by molar-refractivity contribution is 0.0250. The number of nitrogens with two attached hydrogens (primary N) is 2. The molecule has 1 saturated heterocycles. The molecular formula is C15H18BrN5O3. The fourth-order valence-corrected chi connectivity index (χ4v) is 2.59. The van der Waals surface area contributed by atoms with Crippen molar-refractivity contribution in [1.82, 2.24) is 15.0 Å². The molecule has 0 aliphatic carbocycles. The molecule has 0 aromatic carbocycles. The zero-order chi connectivity index (χ0) is 16.9. The lowest BCUT2D eigenvalue weighted by Gasteiger charge is -2.25. The van der Waals surface area contributed by atoms with Crippen LogP contribution in [0.2, 0.25) is 0 Å². The Labute approximate surface area is 147 Å². The van der Waals surface area contributed by atoms with E-state index in [1.165, 1.54) is 6.20 Å². The molecule has 9 heteroatoms. The van der Waals surface area contributed by atoms with E-state index in [0.717, 1.165) is 18.4 Å². The number of anilines is 2. The Morgan fingerprint density at radius 2 is 2.00 bits per heavy atom. The molecule has 24 heavy (non-hydrogen) atoms. The van der Waals surface area contributed by atoms with E-state index in [4.69, 9.17) is 25.7 Å². The van der Waals surface area contributed by atoms with Gasteiger partial charge in [0.1, 0.15) is 17.3 Å². The lowest BCUT2D eigenvalue weighted by atomic mass is 10.1. The molecule has 2 aromatic heterocycles. The standard InChI is InChI=1S/C15H18BrN5O3/c16-11-7-20-14(18)15(21-11)23-8-9-1-4-19-13(17)12(9)24-10-2-5-22-6-3-10/h1,4,7,10H,2-3,5-6,8H2,(H2,17,19)(H2,18,20). The van der Waals surface area contributed by atoms with Gasteiger partial charge >= 0.3 is 0 Å². The summed E-state index contributed by atoms with van der Waals surface area (Å²) >= 11 is 3.24. The van der Waals surface area contributed by atoms with Crippen LogP contribution in [0.1, 0.15) is 18.4 Å². The van der Waals surface area contributed by atoms with Gasteiger partial charge in [0.05, 0.1) is 19.4 Å². The third-order valence-electron chi connectivity index (χ3n) is 3.57. The van der Waals surface area contributed by atoms with Crippen LogP contribution in [-0.4, -0.2) is 34.3 Å². The average Bonchev–Trinajstić information content (AvgIpc) is 2.59. The van der Waals surface area contributed by atoms with Gasteiger partial charge in [0.2, 0.25) is 0 Å². The number of nitrogens with zero attached hydrogens (tertiary/aromatic N) is 3. The van der Waals surface area contributed by atoms with Gasteiger partial charge in [-0.3, -0.25) is 0 Å². The highest BCUT2D eigenvalue weighted by Gasteiger charge is 2.19. The molecule has 0 spiro atoms. The van der Waals surface area contributed by atoms with Crippen molar-refractivity contribution in [2.75, 3.05) is 24.7 Å². The van der Waals surface area contributed by atoms with Gasteiger partial charge < -0.3 is 25.7 Å². The number of nitrogen functional groups attached to an aromatic ring is 2. The maximum atomic E-state index is 6.04. The number of pyridine rings is 1. The molecule has 2 aromatic rings. The average molecular weight is 396 g/mol. The third kappa shape index (κ3) is 4.04. The van der Waals surface area contributed by atoms with E-state index in [2.05, 4.69) is 30.9 Å². The molecule has 8 nitrogen and oxygen atoms in total. The summed E-state index contributed by atoms with van der Waals surface area (Å²) in [5, 5.41) is 0. The minimum atomic E-state index is 0.0553. The van der Waals surface area contributed by atoms with Gasteiger partial charge in [0.25, 0.3) is 5.88 Å². The number of halogens is 1. The smallest absolute Gasteiger partial charge is 0.258 e. The highest BCUT2D eigenvalue weighted by molar-refractivity contribution is 9.10. The largest absolute Gasteiger partial charge is 0.486 e. The number of hydrogen-bond acceptors (Lipinski definition) is 8. The van der Waals surface area contributed by atoms with Crippen molar-refractivity contribution in [3.8, 4) is 11.6 Å². The van der Waals surface area contributed by atoms with E-state index < -0.39 is 0 Å². The predicted octanol–water partition coefficient (Wildman–Crippen LogP) is 1.94. The zero-order valence-electron chi connectivity index (χ0n) is 12.9. The summed E-state index contributed by atoms with van der Waals surface area (Å²) in [5.41, 5.74) is 12.5. The summed E-state index contributed by atoms with van der Waals surface area (Å²) in [6.07, 6.45) is 4.81. The second kappa shape index (κ2) is 7.63. The number of rotatable bonds is 5. The molecule has 128 valence electrons. The summed E-state index contributed by atoms with van der Waals surface area (Å²) < 4.78 is 17.6. The fraction of sp³-hybridized carbons (Fsp3) is 0.400. The first-order chi connectivity index (χ1) is 11.6. The van der Waals surface area contributed by atoms with Crippen LogP contribution in [0.4, 0.5) is 11.6 Å². The van der Waals surface area contributed by atoms with Gasteiger partial charge in [-0.25, -0.2) is 15.0 Å². The maximum Gasteiger partial charge on any atom is 0.258 e. The molecular weight excluding hydrogens is 378 g/mol. The highest BCUT2D eigenvalue weighted by atomic mass is 79.9. The SMILES string of the molecule is Nc1ncc(Br)nc1OCc1ccnc(N)c1OC1CCOCC1. The highest BCUT2D eigenvalue weighted by Crippen LogP contribution is 2.29. The Hall–Kier alpha value is -2.13. The Morgan fingerprint density at radius 1 is 1.21 bits per heavy atom. The van der Waals surface area contributed by atoms with Crippen LogP contribution in [0.3, 0.4) is 0 Å². The van der Waals surface area contributed by atoms with E-state index in [-0.39, 0.29) is 24.4 Å². The normalized spacial score (nSPS) is 15.2. The Morgan fingerprint density at radius 3 is 2.79 bits per heavy atom. The molecule has 3 heterocycles. The molecule has 1 aliphatic rings. The summed E-state index contributed by atoms with van der Waals surface area (Å²) in [6.45, 7) is 1.56. The lowest BCUT2D eigenvalue weighted by Crippen LogP contribution is -2.26. The minimum absolute atomic E-state index is 0.0553. The van der Waals surface area contributed by atoms with Crippen LogP contribution in [0.5, 0.6) is 11.6 Å². The van der Waals surface area contributed by atoms with Gasteiger partial charge in [-0.15, -0.1) is 0 Å². The molecule has 3 rings (SSSR count). The third-order valence-corrected chi connectivity index (χ3v) is 3.95. The van der Waals surface area contributed by atoms with Crippen molar-refractivity contribution in [2.45, 2.75) is 25.6 Å². The van der Waals surface area contributed by atoms with Crippen molar-refractivity contribution in [3.05, 3.63) is 28.6 Å². The summed E-state index contributed by atoms with van der Waals surface area (Å²) in [6, 6.07) is 1.80. The summed E-state index contributed by atoms with van der Waals surface area (Å²) in [4.78, 5) is 12.2. The molecule has 0 radical (unpaired) electrons. The van der Waals surface area contributed by atoms with Crippen LogP contribution in [0, 0.1) is 0 Å². The Balaban J connectivity index is 1.75. The molecule has 4 N–H and O–H groups in total.